The van der Waals surface area contributed by atoms with E-state index in [1.807, 2.05) is 44.2 Å². The molecule has 0 saturated carbocycles. The van der Waals surface area contributed by atoms with Gasteiger partial charge in [-0.3, -0.25) is 13.9 Å². The van der Waals surface area contributed by atoms with E-state index >= 15 is 0 Å². The van der Waals surface area contributed by atoms with E-state index in [0.717, 1.165) is 25.6 Å². The number of fused-ring (bicyclic) bond motifs is 2. The molecule has 30 heavy (non-hydrogen) atoms. The van der Waals surface area contributed by atoms with Gasteiger partial charge in [0.25, 0.3) is 5.56 Å². The highest BCUT2D eigenvalue weighted by Crippen LogP contribution is 2.18. The molecule has 0 aliphatic carbocycles. The third-order valence-electron chi connectivity index (χ3n) is 4.88. The van der Waals surface area contributed by atoms with Gasteiger partial charge in [0, 0.05) is 24.7 Å². The summed E-state index contributed by atoms with van der Waals surface area (Å²) in [5.41, 5.74) is 1.34. The van der Waals surface area contributed by atoms with E-state index in [9.17, 15) is 9.59 Å². The van der Waals surface area contributed by atoms with Gasteiger partial charge in [-0.05, 0) is 40.3 Å². The predicted octanol–water partition coefficient (Wildman–Crippen LogP) is 3.26. The molecule has 0 fully saturated rings. The summed E-state index contributed by atoms with van der Waals surface area (Å²) in [6.07, 6.45) is 1.91. The number of imidazole rings is 1. The molecule has 3 aromatic heterocycles. The van der Waals surface area contributed by atoms with E-state index in [-0.39, 0.29) is 6.54 Å². The second kappa shape index (κ2) is 7.92. The quantitative estimate of drug-likeness (QED) is 0.376. The Kier molecular flexibility index (Phi) is 5.46. The minimum atomic E-state index is -0.466. The third kappa shape index (κ3) is 3.54. The summed E-state index contributed by atoms with van der Waals surface area (Å²) in [5, 5.41) is 0.941. The summed E-state index contributed by atoms with van der Waals surface area (Å²) in [4.78, 5) is 39.7. The number of nitrogens with zero attached hydrogens (tertiary/aromatic N) is 6. The molecule has 0 aliphatic rings. The third-order valence-corrected chi connectivity index (χ3v) is 5.81. The van der Waals surface area contributed by atoms with Crippen molar-refractivity contribution in [2.45, 2.75) is 26.9 Å². The summed E-state index contributed by atoms with van der Waals surface area (Å²) in [6, 6.07) is 7.65. The number of rotatable bonds is 4. The van der Waals surface area contributed by atoms with Gasteiger partial charge in [0.1, 0.15) is 5.82 Å². The number of halogens is 2. The standard InChI is InChI=1S/C20H18Br2N6O2/c1-11(21)8-9-27-16-17(25-19(27)22)26(3)20(30)28(18(16)29)10-15-23-12(2)13-6-4-5-7-14(13)24-15/h4-8H,9-10H2,1-3H3/b11-8-. The number of allylic oxidation sites excluding steroid dienone is 2. The van der Waals surface area contributed by atoms with Crippen LogP contribution in [-0.2, 0) is 20.1 Å². The number of hydrogen-bond donors (Lipinski definition) is 0. The second-order valence-corrected chi connectivity index (χ2v) is 8.89. The van der Waals surface area contributed by atoms with Crippen LogP contribution in [-0.4, -0.2) is 28.7 Å². The fourth-order valence-electron chi connectivity index (χ4n) is 3.38. The molecular weight excluding hydrogens is 516 g/mol. The molecule has 1 aromatic carbocycles. The van der Waals surface area contributed by atoms with Crippen LogP contribution in [0.1, 0.15) is 18.4 Å². The van der Waals surface area contributed by atoms with Gasteiger partial charge >= 0.3 is 5.69 Å². The first kappa shape index (κ1) is 20.7. The van der Waals surface area contributed by atoms with Gasteiger partial charge in [-0.2, -0.15) is 0 Å². The Balaban J connectivity index is 1.91. The maximum Gasteiger partial charge on any atom is 0.332 e. The fourth-order valence-corrected chi connectivity index (χ4v) is 4.01. The lowest BCUT2D eigenvalue weighted by Gasteiger charge is -2.10. The lowest BCUT2D eigenvalue weighted by atomic mass is 10.2. The lowest BCUT2D eigenvalue weighted by Crippen LogP contribution is -2.40. The second-order valence-electron chi connectivity index (χ2n) is 6.93. The van der Waals surface area contributed by atoms with Gasteiger partial charge in [0.05, 0.1) is 12.1 Å². The van der Waals surface area contributed by atoms with Crippen molar-refractivity contribution >= 4 is 53.9 Å². The Bertz CT molecular complexity index is 1440. The van der Waals surface area contributed by atoms with E-state index in [0.29, 0.717) is 28.3 Å². The average molecular weight is 534 g/mol. The monoisotopic (exact) mass is 532 g/mol. The minimum Gasteiger partial charge on any atom is -0.309 e. The maximum absolute atomic E-state index is 13.3. The van der Waals surface area contributed by atoms with Crippen molar-refractivity contribution in [1.82, 2.24) is 28.7 Å². The number of aromatic nitrogens is 6. The molecule has 8 nitrogen and oxygen atoms in total. The zero-order valence-electron chi connectivity index (χ0n) is 16.6. The van der Waals surface area contributed by atoms with Gasteiger partial charge in [0.15, 0.2) is 15.9 Å². The van der Waals surface area contributed by atoms with E-state index in [4.69, 9.17) is 0 Å². The Hall–Kier alpha value is -2.59. The topological polar surface area (TPSA) is 87.6 Å². The van der Waals surface area contributed by atoms with E-state index in [1.54, 1.807) is 11.6 Å². The van der Waals surface area contributed by atoms with Crippen LogP contribution in [0.3, 0.4) is 0 Å². The van der Waals surface area contributed by atoms with Crippen molar-refractivity contribution in [2.24, 2.45) is 7.05 Å². The number of benzene rings is 1. The molecule has 4 rings (SSSR count). The molecule has 0 saturated heterocycles. The van der Waals surface area contributed by atoms with Crippen LogP contribution < -0.4 is 11.2 Å². The van der Waals surface area contributed by atoms with Gasteiger partial charge in [0.2, 0.25) is 0 Å². The van der Waals surface area contributed by atoms with Gasteiger partial charge in [-0.1, -0.05) is 40.2 Å². The molecule has 10 heteroatoms. The molecule has 0 unspecified atom stereocenters. The highest BCUT2D eigenvalue weighted by molar-refractivity contribution is 9.11. The summed E-state index contributed by atoms with van der Waals surface area (Å²) in [7, 11) is 1.60. The van der Waals surface area contributed by atoms with Crippen molar-refractivity contribution in [1.29, 1.82) is 0 Å². The van der Waals surface area contributed by atoms with E-state index in [1.165, 1.54) is 4.57 Å². The predicted molar refractivity (Wildman–Crippen MR) is 123 cm³/mol. The molecule has 0 atom stereocenters. The van der Waals surface area contributed by atoms with Gasteiger partial charge in [-0.25, -0.2) is 19.7 Å². The summed E-state index contributed by atoms with van der Waals surface area (Å²) in [5.74, 6) is 0.408. The molecule has 0 aliphatic heterocycles. The van der Waals surface area contributed by atoms with E-state index < -0.39 is 11.2 Å². The summed E-state index contributed by atoms with van der Waals surface area (Å²) in [6.45, 7) is 4.19. The molecule has 4 aromatic rings. The Morgan fingerprint density at radius 2 is 1.87 bits per heavy atom. The van der Waals surface area contributed by atoms with Crippen LogP contribution in [0.15, 0.2) is 49.1 Å². The molecule has 154 valence electrons. The molecule has 0 N–H and O–H groups in total. The number of para-hydroxylation sites is 1. The molecule has 0 bridgehead atoms. The Morgan fingerprint density at radius 1 is 1.13 bits per heavy atom. The number of hydrogen-bond acceptors (Lipinski definition) is 5. The zero-order valence-corrected chi connectivity index (χ0v) is 19.7. The van der Waals surface area contributed by atoms with Crippen LogP contribution in [0, 0.1) is 6.92 Å². The van der Waals surface area contributed by atoms with Crippen LogP contribution in [0.4, 0.5) is 0 Å². The van der Waals surface area contributed by atoms with Crippen molar-refractivity contribution in [3.05, 3.63) is 71.9 Å². The van der Waals surface area contributed by atoms with Gasteiger partial charge < -0.3 is 4.57 Å². The molecule has 0 spiro atoms. The Labute approximate surface area is 188 Å². The highest BCUT2D eigenvalue weighted by atomic mass is 79.9. The van der Waals surface area contributed by atoms with Gasteiger partial charge in [-0.15, -0.1) is 0 Å². The van der Waals surface area contributed by atoms with Crippen molar-refractivity contribution < 1.29 is 0 Å². The normalized spacial score (nSPS) is 12.2. The van der Waals surface area contributed by atoms with Crippen LogP contribution in [0.2, 0.25) is 0 Å². The highest BCUT2D eigenvalue weighted by Gasteiger charge is 2.19. The molecule has 0 amide bonds. The molecular formula is C20H18Br2N6O2. The minimum absolute atomic E-state index is 0.0246. The molecule has 3 heterocycles. The van der Waals surface area contributed by atoms with Crippen molar-refractivity contribution in [3.63, 3.8) is 0 Å². The first-order valence-electron chi connectivity index (χ1n) is 9.18. The fraction of sp³-hybridized carbons (Fsp3) is 0.250. The first-order valence-corrected chi connectivity index (χ1v) is 10.8. The number of aryl methyl sites for hydroxylation is 2. The molecule has 0 radical (unpaired) electrons. The van der Waals surface area contributed by atoms with Crippen LogP contribution >= 0.6 is 31.9 Å². The SMILES string of the molecule is C/C(Br)=C/Cn1c(Br)nc2c1c(=O)n(Cc1nc(C)c3ccccc3n1)c(=O)n2C. The largest absolute Gasteiger partial charge is 0.332 e. The van der Waals surface area contributed by atoms with Crippen LogP contribution in [0.5, 0.6) is 0 Å². The Morgan fingerprint density at radius 3 is 2.60 bits per heavy atom. The van der Waals surface area contributed by atoms with E-state index in [2.05, 4.69) is 46.8 Å². The van der Waals surface area contributed by atoms with Crippen molar-refractivity contribution in [2.75, 3.05) is 0 Å². The zero-order chi connectivity index (χ0) is 21.6. The van der Waals surface area contributed by atoms with Crippen molar-refractivity contribution in [3.8, 4) is 0 Å². The van der Waals surface area contributed by atoms with Crippen LogP contribution in [0.25, 0.3) is 22.1 Å². The summed E-state index contributed by atoms with van der Waals surface area (Å²) < 4.78 is 5.66. The average Bonchev–Trinajstić information content (AvgIpc) is 3.04. The first-order chi connectivity index (χ1) is 14.3. The lowest BCUT2D eigenvalue weighted by molar-refractivity contribution is 0.632. The smallest absolute Gasteiger partial charge is 0.309 e. The maximum atomic E-state index is 13.3. The summed E-state index contributed by atoms with van der Waals surface area (Å²) >= 11 is 6.80.